The van der Waals surface area contributed by atoms with Crippen molar-refractivity contribution in [2.45, 2.75) is 55.4 Å². The molecule has 1 fully saturated rings. The van der Waals surface area contributed by atoms with E-state index < -0.39 is 5.41 Å². The zero-order valence-corrected chi connectivity index (χ0v) is 19.7. The second-order valence-corrected chi connectivity index (χ2v) is 10.6. The van der Waals surface area contributed by atoms with Crippen molar-refractivity contribution in [3.63, 3.8) is 0 Å². The van der Waals surface area contributed by atoms with Gasteiger partial charge in [0.25, 0.3) is 0 Å². The molecule has 0 amide bonds. The van der Waals surface area contributed by atoms with Gasteiger partial charge in [-0.3, -0.25) is 4.79 Å². The first-order valence-electron chi connectivity index (χ1n) is 9.85. The maximum Gasteiger partial charge on any atom is 0.187 e. The number of rotatable bonds is 6. The van der Waals surface area contributed by atoms with Crippen LogP contribution in [0, 0.1) is 5.41 Å². The van der Waals surface area contributed by atoms with Gasteiger partial charge in [0.15, 0.2) is 5.78 Å². The van der Waals surface area contributed by atoms with Gasteiger partial charge in [-0.1, -0.05) is 37.7 Å². The molecule has 0 aliphatic carbocycles. The zero-order chi connectivity index (χ0) is 21.9. The summed E-state index contributed by atoms with van der Waals surface area (Å²) in [7, 11) is 1.76. The van der Waals surface area contributed by atoms with E-state index >= 15 is 0 Å². The smallest absolute Gasteiger partial charge is 0.187 e. The maximum atomic E-state index is 13.0. The summed E-state index contributed by atoms with van der Waals surface area (Å²) in [5.41, 5.74) is 1.52. The number of ketones is 1. The van der Waals surface area contributed by atoms with Gasteiger partial charge in [0.2, 0.25) is 0 Å². The highest BCUT2D eigenvalue weighted by Gasteiger charge is 2.35. The molecular formula is C22H28N2O4S2. The number of Topliss-reactive ketones (excluding diaryl/α,β-unsaturated/α-hetero) is 1. The van der Waals surface area contributed by atoms with Crippen molar-refractivity contribution in [2.24, 2.45) is 10.6 Å². The normalized spacial score (nSPS) is 17.2. The predicted octanol–water partition coefficient (Wildman–Crippen LogP) is 5.37. The monoisotopic (exact) mass is 448 g/mol. The van der Waals surface area contributed by atoms with Crippen LogP contribution in [0.2, 0.25) is 0 Å². The van der Waals surface area contributed by atoms with Crippen LogP contribution in [0.5, 0.6) is 0 Å². The number of oxime groups is 1. The molecule has 0 bridgehead atoms. The van der Waals surface area contributed by atoms with Crippen LogP contribution in [0.3, 0.4) is 0 Å². The largest absolute Gasteiger partial charge is 0.411 e. The highest BCUT2D eigenvalue weighted by atomic mass is 32.2. The van der Waals surface area contributed by atoms with Gasteiger partial charge in [-0.05, 0) is 36.1 Å². The number of thiophene rings is 1. The number of carbonyl (C=O) groups is 1. The number of hydrogen-bond acceptors (Lipinski definition) is 8. The molecule has 30 heavy (non-hydrogen) atoms. The second kappa shape index (κ2) is 9.18. The second-order valence-electron chi connectivity index (χ2n) is 8.38. The molecule has 1 aliphatic heterocycles. The third-order valence-electron chi connectivity index (χ3n) is 5.30. The molecule has 8 heteroatoms. The summed E-state index contributed by atoms with van der Waals surface area (Å²) >= 11 is 3.16. The van der Waals surface area contributed by atoms with Gasteiger partial charge in [0, 0.05) is 44.1 Å². The Bertz CT molecular complexity index is 941. The van der Waals surface area contributed by atoms with Crippen molar-refractivity contribution < 1.29 is 19.5 Å². The van der Waals surface area contributed by atoms with Gasteiger partial charge in [-0.25, -0.2) is 4.98 Å². The Morgan fingerprint density at radius 3 is 2.63 bits per heavy atom. The van der Waals surface area contributed by atoms with Gasteiger partial charge in [0.1, 0.15) is 10.7 Å². The summed E-state index contributed by atoms with van der Waals surface area (Å²) in [5.74, 6) is -0.0876. The van der Waals surface area contributed by atoms with Crippen LogP contribution in [0.15, 0.2) is 38.0 Å². The van der Waals surface area contributed by atoms with E-state index in [1.54, 1.807) is 31.4 Å². The minimum Gasteiger partial charge on any atom is -0.411 e. The summed E-state index contributed by atoms with van der Waals surface area (Å²) in [6.07, 6.45) is 1.67. The van der Waals surface area contributed by atoms with Gasteiger partial charge in [-0.2, -0.15) is 0 Å². The molecule has 3 heterocycles. The van der Waals surface area contributed by atoms with E-state index in [-0.39, 0.29) is 11.4 Å². The average Bonchev–Trinajstić information content (AvgIpc) is 3.21. The van der Waals surface area contributed by atoms with E-state index in [1.165, 1.54) is 11.8 Å². The van der Waals surface area contributed by atoms with Crippen molar-refractivity contribution >= 4 is 34.6 Å². The van der Waals surface area contributed by atoms with E-state index in [1.807, 2.05) is 26.8 Å². The molecule has 1 N–H and O–H groups in total. The summed E-state index contributed by atoms with van der Waals surface area (Å²) in [4.78, 5) is 17.6. The fourth-order valence-corrected chi connectivity index (χ4v) is 5.37. The number of hydrogen-bond donors (Lipinski definition) is 1. The molecule has 0 spiro atoms. The molecule has 0 atom stereocenters. The molecule has 162 valence electrons. The Morgan fingerprint density at radius 2 is 2.03 bits per heavy atom. The van der Waals surface area contributed by atoms with Crippen molar-refractivity contribution in [3.05, 3.63) is 40.4 Å². The summed E-state index contributed by atoms with van der Waals surface area (Å²) < 4.78 is 12.5. The molecule has 3 rings (SSSR count). The van der Waals surface area contributed by atoms with E-state index in [4.69, 9.17) is 9.47 Å². The fourth-order valence-electron chi connectivity index (χ4n) is 3.40. The van der Waals surface area contributed by atoms with Crippen LogP contribution in [0.25, 0.3) is 0 Å². The quantitative estimate of drug-likeness (QED) is 0.277. The van der Waals surface area contributed by atoms with Crippen LogP contribution >= 0.6 is 23.1 Å². The molecule has 6 nitrogen and oxygen atoms in total. The summed E-state index contributed by atoms with van der Waals surface area (Å²) in [6, 6.07) is 5.80. The average molecular weight is 449 g/mol. The predicted molar refractivity (Wildman–Crippen MR) is 119 cm³/mol. The van der Waals surface area contributed by atoms with Gasteiger partial charge in [0.05, 0.1) is 15.5 Å². The van der Waals surface area contributed by atoms with E-state index in [2.05, 4.69) is 21.6 Å². The zero-order valence-electron chi connectivity index (χ0n) is 18.0. The number of ether oxygens (including phenoxy) is 2. The SMILES string of the molecule is COC1(c2csc(Sc3ccc(C(C)=NO)c(C(=O)C(C)(C)C)n3)c2)CCOCC1. The first kappa shape index (κ1) is 22.9. The van der Waals surface area contributed by atoms with E-state index in [9.17, 15) is 10.0 Å². The minimum absolute atomic E-state index is 0.0876. The van der Waals surface area contributed by atoms with Crippen LogP contribution in [0.1, 0.15) is 62.2 Å². The van der Waals surface area contributed by atoms with Crippen LogP contribution < -0.4 is 0 Å². The highest BCUT2D eigenvalue weighted by molar-refractivity contribution is 8.01. The van der Waals surface area contributed by atoms with Crippen molar-refractivity contribution in [3.8, 4) is 0 Å². The topological polar surface area (TPSA) is 81.0 Å². The molecular weight excluding hydrogens is 420 g/mol. The van der Waals surface area contributed by atoms with E-state index in [0.29, 0.717) is 30.2 Å². The Balaban J connectivity index is 1.91. The number of pyridine rings is 1. The number of methoxy groups -OCH3 is 1. The molecule has 1 saturated heterocycles. The lowest BCUT2D eigenvalue weighted by molar-refractivity contribution is -0.0946. The lowest BCUT2D eigenvalue weighted by atomic mass is 9.86. The molecule has 0 aromatic carbocycles. The molecule has 0 radical (unpaired) electrons. The molecule has 0 unspecified atom stereocenters. The van der Waals surface area contributed by atoms with Gasteiger partial charge in [-0.15, -0.1) is 11.3 Å². The van der Waals surface area contributed by atoms with E-state index in [0.717, 1.165) is 27.6 Å². The lowest BCUT2D eigenvalue weighted by Crippen LogP contribution is -2.35. The summed E-state index contributed by atoms with van der Waals surface area (Å²) in [5, 5.41) is 15.3. The third kappa shape index (κ3) is 4.77. The number of nitrogens with zero attached hydrogens (tertiary/aromatic N) is 2. The number of carbonyl (C=O) groups excluding carboxylic acids is 1. The Morgan fingerprint density at radius 1 is 1.33 bits per heavy atom. The van der Waals surface area contributed by atoms with Gasteiger partial charge < -0.3 is 14.7 Å². The Hall–Kier alpha value is -1.74. The van der Waals surface area contributed by atoms with Crippen molar-refractivity contribution in [1.29, 1.82) is 0 Å². The molecule has 2 aromatic rings. The summed E-state index contributed by atoms with van der Waals surface area (Å²) in [6.45, 7) is 8.62. The molecule has 2 aromatic heterocycles. The van der Waals surface area contributed by atoms with Crippen molar-refractivity contribution in [2.75, 3.05) is 20.3 Å². The Labute approximate surface area is 185 Å². The van der Waals surface area contributed by atoms with Crippen molar-refractivity contribution in [1.82, 2.24) is 4.98 Å². The molecule has 1 aliphatic rings. The van der Waals surface area contributed by atoms with Gasteiger partial charge >= 0.3 is 0 Å². The van der Waals surface area contributed by atoms with Crippen LogP contribution in [-0.2, 0) is 15.1 Å². The Kier molecular flexibility index (Phi) is 7.02. The molecule has 0 saturated carbocycles. The lowest BCUT2D eigenvalue weighted by Gasteiger charge is -2.35. The third-order valence-corrected chi connectivity index (χ3v) is 7.32. The van der Waals surface area contributed by atoms with Crippen LogP contribution in [-0.4, -0.2) is 42.0 Å². The van der Waals surface area contributed by atoms with Crippen LogP contribution in [0.4, 0.5) is 0 Å². The minimum atomic E-state index is -0.592. The fraction of sp³-hybridized carbons (Fsp3) is 0.500. The standard InChI is InChI=1S/C22H28N2O4S2/c1-14(24-26)16-6-7-17(23-19(16)20(25)21(2,3)4)30-18-12-15(13-29-18)22(27-5)8-10-28-11-9-22/h6-7,12-13,26H,8-11H2,1-5H3. The number of aromatic nitrogens is 1. The maximum absolute atomic E-state index is 13.0. The first-order valence-corrected chi connectivity index (χ1v) is 11.5. The first-order chi connectivity index (χ1) is 14.2. The highest BCUT2D eigenvalue weighted by Crippen LogP contribution is 2.41.